The minimum absolute atomic E-state index is 0.0996. The number of aliphatic carboxylic acids is 1. The number of hydrogen-bond donors (Lipinski definition) is 2. The number of carbonyl (C=O) groups excluding carboxylic acids is 2. The molecule has 250 valence electrons. The van der Waals surface area contributed by atoms with E-state index in [1.165, 1.54) is 6.92 Å². The van der Waals surface area contributed by atoms with Crippen molar-refractivity contribution in [3.8, 4) is 11.5 Å². The number of hydrogen-bond acceptors (Lipinski definition) is 6. The molecule has 47 heavy (non-hydrogen) atoms. The van der Waals surface area contributed by atoms with Gasteiger partial charge < -0.3 is 24.6 Å². The first kappa shape index (κ1) is 34.2. The summed E-state index contributed by atoms with van der Waals surface area (Å²) in [4.78, 5) is 37.1. The minimum Gasteiger partial charge on any atom is -0.479 e. The molecule has 0 radical (unpaired) electrons. The third kappa shape index (κ3) is 8.41. The van der Waals surface area contributed by atoms with E-state index in [2.05, 4.69) is 38.2 Å². The van der Waals surface area contributed by atoms with Crippen molar-refractivity contribution in [3.05, 3.63) is 89.0 Å². The van der Waals surface area contributed by atoms with Crippen molar-refractivity contribution in [2.24, 2.45) is 5.92 Å². The molecule has 1 heterocycles. The number of rotatable bonds is 13. The van der Waals surface area contributed by atoms with E-state index in [4.69, 9.17) is 14.2 Å². The highest BCUT2D eigenvalue weighted by Gasteiger charge is 2.35. The minimum atomic E-state index is -1.06. The second-order valence-corrected chi connectivity index (χ2v) is 13.9. The molecule has 8 nitrogen and oxygen atoms in total. The number of fused-ring (bicyclic) bond motifs is 2. The number of nitrogens with one attached hydrogen (secondary N) is 1. The lowest BCUT2D eigenvalue weighted by atomic mass is 9.81. The highest BCUT2D eigenvalue weighted by molar-refractivity contribution is 5.93. The van der Waals surface area contributed by atoms with Gasteiger partial charge in [-0.3, -0.25) is 9.59 Å². The summed E-state index contributed by atoms with van der Waals surface area (Å²) in [5.74, 6) is 0.343. The molecule has 0 saturated heterocycles. The maximum Gasteiger partial charge on any atom is 0.332 e. The summed E-state index contributed by atoms with van der Waals surface area (Å²) in [5.41, 5.74) is 4.47. The van der Waals surface area contributed by atoms with Crippen molar-refractivity contribution in [2.75, 3.05) is 5.32 Å². The second-order valence-electron chi connectivity index (χ2n) is 13.9. The van der Waals surface area contributed by atoms with Gasteiger partial charge in [-0.1, -0.05) is 88.6 Å². The fourth-order valence-electron chi connectivity index (χ4n) is 7.09. The van der Waals surface area contributed by atoms with Crippen LogP contribution in [0, 0.1) is 5.92 Å². The van der Waals surface area contributed by atoms with Gasteiger partial charge in [0, 0.05) is 29.2 Å². The molecular weight excluding hydrogens is 594 g/mol. The largest absolute Gasteiger partial charge is 0.479 e. The molecule has 3 aromatic carbocycles. The molecular formula is C39H47NO7. The van der Waals surface area contributed by atoms with Gasteiger partial charge in [0.05, 0.1) is 6.10 Å². The number of amides is 1. The molecule has 3 unspecified atom stereocenters. The Hall–Kier alpha value is -4.17. The first-order valence-electron chi connectivity index (χ1n) is 16.8. The van der Waals surface area contributed by atoms with Crippen molar-refractivity contribution in [3.63, 3.8) is 0 Å². The number of para-hydroxylation sites is 2. The molecule has 1 fully saturated rings. The maximum absolute atomic E-state index is 13.8. The highest BCUT2D eigenvalue weighted by Crippen LogP contribution is 2.45. The van der Waals surface area contributed by atoms with Gasteiger partial charge in [0.1, 0.15) is 17.6 Å². The first-order chi connectivity index (χ1) is 22.5. The standard InChI is InChI=1S/C39H47NO7/c1-25(38(43)44)46-35(37(45-24-41)27-12-6-5-7-13-27)21-19-26-18-20-31(39(2,3)4)32(22-26)40-36(42)23-30-28-14-8-10-16-33(28)47-34-17-11-9-15-29(30)34/h8-11,14-18,20,22,24-25,27,30,35,37H,5-7,12-13,19,21,23H2,1-4H3,(H,40,42)(H,43,44). The lowest BCUT2D eigenvalue weighted by Gasteiger charge is -2.35. The summed E-state index contributed by atoms with van der Waals surface area (Å²) in [6, 6.07) is 21.8. The van der Waals surface area contributed by atoms with Crippen molar-refractivity contribution in [1.82, 2.24) is 0 Å². The highest BCUT2D eigenvalue weighted by atomic mass is 16.6. The van der Waals surface area contributed by atoms with Gasteiger partial charge in [-0.2, -0.15) is 0 Å². The molecule has 1 aliphatic heterocycles. The molecule has 3 atom stereocenters. The van der Waals surface area contributed by atoms with Crippen LogP contribution in [0.1, 0.15) is 101 Å². The van der Waals surface area contributed by atoms with Crippen LogP contribution in [0.4, 0.5) is 5.69 Å². The van der Waals surface area contributed by atoms with Gasteiger partial charge in [-0.25, -0.2) is 4.79 Å². The summed E-state index contributed by atoms with van der Waals surface area (Å²) in [6.07, 6.45) is 4.19. The molecule has 8 heteroatoms. The Kier molecular flexibility index (Phi) is 11.0. The maximum atomic E-state index is 13.8. The number of benzene rings is 3. The lowest BCUT2D eigenvalue weighted by molar-refractivity contribution is -0.168. The quantitative estimate of drug-likeness (QED) is 0.181. The van der Waals surface area contributed by atoms with Crippen molar-refractivity contribution >= 4 is 24.0 Å². The molecule has 2 aliphatic rings. The van der Waals surface area contributed by atoms with E-state index in [9.17, 15) is 19.5 Å². The topological polar surface area (TPSA) is 111 Å². The molecule has 5 rings (SSSR count). The van der Waals surface area contributed by atoms with Crippen LogP contribution in [0.5, 0.6) is 11.5 Å². The number of carboxylic acid groups (broad SMARTS) is 1. The average molecular weight is 642 g/mol. The van der Waals surface area contributed by atoms with Crippen LogP contribution in [0.25, 0.3) is 0 Å². The first-order valence-corrected chi connectivity index (χ1v) is 16.8. The summed E-state index contributed by atoms with van der Waals surface area (Å²) in [5, 5.41) is 12.8. The smallest absolute Gasteiger partial charge is 0.332 e. The molecule has 0 spiro atoms. The molecule has 0 aromatic heterocycles. The summed E-state index contributed by atoms with van der Waals surface area (Å²) >= 11 is 0. The fourth-order valence-corrected chi connectivity index (χ4v) is 7.09. The predicted molar refractivity (Wildman–Crippen MR) is 181 cm³/mol. The molecule has 3 aromatic rings. The molecule has 1 aliphatic carbocycles. The van der Waals surface area contributed by atoms with E-state index in [1.807, 2.05) is 54.6 Å². The summed E-state index contributed by atoms with van der Waals surface area (Å²) in [7, 11) is 0. The van der Waals surface area contributed by atoms with Gasteiger partial charge in [-0.05, 0) is 73.3 Å². The normalized spacial score (nSPS) is 16.9. The van der Waals surface area contributed by atoms with Crippen LogP contribution in [0.2, 0.25) is 0 Å². The van der Waals surface area contributed by atoms with Gasteiger partial charge in [0.25, 0.3) is 6.47 Å². The number of ether oxygens (including phenoxy) is 3. The zero-order valence-electron chi connectivity index (χ0n) is 27.9. The molecule has 1 amide bonds. The Labute approximate surface area is 277 Å². The van der Waals surface area contributed by atoms with Crippen LogP contribution in [0.3, 0.4) is 0 Å². The van der Waals surface area contributed by atoms with Crippen LogP contribution in [-0.4, -0.2) is 41.8 Å². The van der Waals surface area contributed by atoms with Crippen LogP contribution in [0.15, 0.2) is 66.7 Å². The average Bonchev–Trinajstić information content (AvgIpc) is 3.05. The van der Waals surface area contributed by atoms with E-state index >= 15 is 0 Å². The SMILES string of the molecule is CC(OC(CCc1ccc(C(C)(C)C)c(NC(=O)CC2c3ccccc3Oc3ccccc32)c1)C(OC=O)C1CCCCC1)C(=O)O. The second kappa shape index (κ2) is 15.2. The van der Waals surface area contributed by atoms with E-state index in [-0.39, 0.29) is 29.6 Å². The summed E-state index contributed by atoms with van der Waals surface area (Å²) < 4.78 is 17.8. The monoisotopic (exact) mass is 641 g/mol. The Balaban J connectivity index is 1.37. The zero-order valence-corrected chi connectivity index (χ0v) is 27.9. The number of carbonyl (C=O) groups is 3. The van der Waals surface area contributed by atoms with E-state index in [1.54, 1.807) is 0 Å². The van der Waals surface area contributed by atoms with Gasteiger partial charge in [-0.15, -0.1) is 0 Å². The van der Waals surface area contributed by atoms with Crippen LogP contribution in [-0.2, 0) is 35.7 Å². The van der Waals surface area contributed by atoms with Crippen molar-refractivity contribution in [2.45, 2.75) is 109 Å². The third-order valence-corrected chi connectivity index (χ3v) is 9.50. The van der Waals surface area contributed by atoms with Crippen LogP contribution < -0.4 is 10.1 Å². The molecule has 1 saturated carbocycles. The lowest BCUT2D eigenvalue weighted by Crippen LogP contribution is -2.42. The van der Waals surface area contributed by atoms with Gasteiger partial charge in [0.2, 0.25) is 5.91 Å². The number of aryl methyl sites for hydroxylation is 1. The predicted octanol–water partition coefficient (Wildman–Crippen LogP) is 8.16. The third-order valence-electron chi connectivity index (χ3n) is 9.50. The van der Waals surface area contributed by atoms with E-state index in [0.717, 1.165) is 71.5 Å². The van der Waals surface area contributed by atoms with Crippen molar-refractivity contribution < 1.29 is 33.7 Å². The Morgan fingerprint density at radius 1 is 0.979 bits per heavy atom. The van der Waals surface area contributed by atoms with Crippen molar-refractivity contribution in [1.29, 1.82) is 0 Å². The Morgan fingerprint density at radius 2 is 1.62 bits per heavy atom. The summed E-state index contributed by atoms with van der Waals surface area (Å²) in [6.45, 7) is 8.32. The van der Waals surface area contributed by atoms with E-state index < -0.39 is 24.3 Å². The number of carboxylic acids is 1. The molecule has 2 N–H and O–H groups in total. The van der Waals surface area contributed by atoms with Gasteiger partial charge in [0.15, 0.2) is 6.10 Å². The fraction of sp³-hybridized carbons (Fsp3) is 0.462. The zero-order chi connectivity index (χ0) is 33.6. The van der Waals surface area contributed by atoms with Crippen LogP contribution >= 0.6 is 0 Å². The Bertz CT molecular complexity index is 1510. The molecule has 0 bridgehead atoms. The van der Waals surface area contributed by atoms with E-state index in [0.29, 0.717) is 19.3 Å². The number of anilines is 1. The Morgan fingerprint density at radius 3 is 2.21 bits per heavy atom. The van der Waals surface area contributed by atoms with Gasteiger partial charge >= 0.3 is 5.97 Å².